The fraction of sp³-hybridized carbons (Fsp3) is 0.412. The van der Waals surface area contributed by atoms with Gasteiger partial charge in [-0.05, 0) is 19.1 Å². The molecule has 0 fully saturated rings. The topological polar surface area (TPSA) is 108 Å². The Morgan fingerprint density at radius 1 is 1.46 bits per heavy atom. The average Bonchev–Trinajstić information content (AvgIpc) is 3.07. The number of nitrogens with zero attached hydrogens (tertiary/aromatic N) is 2. The van der Waals surface area contributed by atoms with Gasteiger partial charge in [-0.2, -0.15) is 0 Å². The zero-order chi connectivity index (χ0) is 19.3. The number of hydrogen-bond acceptors (Lipinski definition) is 5. The monoisotopic (exact) mass is 365 g/mol. The van der Waals surface area contributed by atoms with E-state index in [-0.39, 0.29) is 25.4 Å². The first kappa shape index (κ1) is 19.4. The van der Waals surface area contributed by atoms with Gasteiger partial charge >= 0.3 is 5.97 Å². The number of hydrogen-bond donors (Lipinski definition) is 2. The Labute approximate surface area is 149 Å². The molecule has 1 aliphatic rings. The molecule has 2 amide bonds. The van der Waals surface area contributed by atoms with Crippen LogP contribution in [0.2, 0.25) is 0 Å². The highest BCUT2D eigenvalue weighted by Crippen LogP contribution is 2.20. The highest BCUT2D eigenvalue weighted by Gasteiger charge is 2.36. The van der Waals surface area contributed by atoms with Gasteiger partial charge in [-0.3, -0.25) is 9.59 Å². The van der Waals surface area contributed by atoms with Gasteiger partial charge in [0.15, 0.2) is 0 Å². The van der Waals surface area contributed by atoms with Crippen molar-refractivity contribution in [1.82, 2.24) is 10.2 Å². The molecule has 0 aliphatic carbocycles. The highest BCUT2D eigenvalue weighted by atomic mass is 19.1. The molecular formula is C17H20FN3O5. The summed E-state index contributed by atoms with van der Waals surface area (Å²) >= 11 is 0. The molecule has 1 aromatic carbocycles. The third-order valence-electron chi connectivity index (χ3n) is 3.94. The molecule has 2 rings (SSSR count). The summed E-state index contributed by atoms with van der Waals surface area (Å²) in [4.78, 5) is 41.2. The van der Waals surface area contributed by atoms with Crippen molar-refractivity contribution >= 4 is 23.5 Å². The van der Waals surface area contributed by atoms with Gasteiger partial charge in [-0.1, -0.05) is 17.3 Å². The molecule has 1 aromatic rings. The Morgan fingerprint density at radius 2 is 2.19 bits per heavy atom. The number of aliphatic carboxylic acids is 1. The SMILES string of the molecule is CC(=O)NCCN(C(=O)C1CC(c2cccc(F)c2)=NO1)C(C)C(=O)O. The van der Waals surface area contributed by atoms with Crippen molar-refractivity contribution in [2.75, 3.05) is 13.1 Å². The first-order chi connectivity index (χ1) is 12.3. The fourth-order valence-corrected chi connectivity index (χ4v) is 2.51. The van der Waals surface area contributed by atoms with Crippen LogP contribution in [0.5, 0.6) is 0 Å². The predicted octanol–water partition coefficient (Wildman–Crippen LogP) is 0.756. The number of rotatable bonds is 7. The van der Waals surface area contributed by atoms with E-state index < -0.39 is 29.8 Å². The molecule has 2 N–H and O–H groups in total. The van der Waals surface area contributed by atoms with Crippen LogP contribution >= 0.6 is 0 Å². The van der Waals surface area contributed by atoms with Crippen LogP contribution in [0.4, 0.5) is 4.39 Å². The van der Waals surface area contributed by atoms with Crippen molar-refractivity contribution in [3.8, 4) is 0 Å². The van der Waals surface area contributed by atoms with E-state index in [0.29, 0.717) is 11.3 Å². The first-order valence-electron chi connectivity index (χ1n) is 8.06. The lowest BCUT2D eigenvalue weighted by atomic mass is 10.0. The summed E-state index contributed by atoms with van der Waals surface area (Å²) in [5, 5.41) is 15.6. The molecule has 0 saturated heterocycles. The quantitative estimate of drug-likeness (QED) is 0.741. The lowest BCUT2D eigenvalue weighted by molar-refractivity contribution is -0.154. The molecule has 0 radical (unpaired) electrons. The average molecular weight is 365 g/mol. The molecule has 140 valence electrons. The number of carboxylic acids is 1. The Balaban J connectivity index is 2.06. The van der Waals surface area contributed by atoms with Gasteiger partial charge in [-0.15, -0.1) is 0 Å². The van der Waals surface area contributed by atoms with Crippen LogP contribution < -0.4 is 5.32 Å². The molecule has 2 unspecified atom stereocenters. The molecule has 9 heteroatoms. The van der Waals surface area contributed by atoms with Crippen LogP contribution in [0, 0.1) is 5.82 Å². The van der Waals surface area contributed by atoms with Crippen LogP contribution in [0.3, 0.4) is 0 Å². The summed E-state index contributed by atoms with van der Waals surface area (Å²) < 4.78 is 13.3. The second kappa shape index (κ2) is 8.41. The third-order valence-corrected chi connectivity index (χ3v) is 3.94. The Morgan fingerprint density at radius 3 is 2.81 bits per heavy atom. The standard InChI is InChI=1S/C17H20FN3O5/c1-10(17(24)25)21(7-6-19-11(2)22)16(23)15-9-14(20-26-15)12-4-3-5-13(18)8-12/h3-5,8,10,15H,6-7,9H2,1-2H3,(H,19,22)(H,24,25). The van der Waals surface area contributed by atoms with Crippen molar-refractivity contribution in [3.05, 3.63) is 35.6 Å². The summed E-state index contributed by atoms with van der Waals surface area (Å²) in [6.45, 7) is 2.83. The van der Waals surface area contributed by atoms with Crippen molar-refractivity contribution in [3.63, 3.8) is 0 Å². The maximum Gasteiger partial charge on any atom is 0.326 e. The van der Waals surface area contributed by atoms with Crippen molar-refractivity contribution in [2.45, 2.75) is 32.4 Å². The Hall–Kier alpha value is -2.97. The maximum absolute atomic E-state index is 13.3. The largest absolute Gasteiger partial charge is 0.480 e. The number of benzene rings is 1. The summed E-state index contributed by atoms with van der Waals surface area (Å²) in [6, 6.07) is 4.64. The lowest BCUT2D eigenvalue weighted by Crippen LogP contribution is -2.50. The van der Waals surface area contributed by atoms with Gasteiger partial charge in [0.2, 0.25) is 12.0 Å². The van der Waals surface area contributed by atoms with Gasteiger partial charge in [0.1, 0.15) is 11.9 Å². The summed E-state index contributed by atoms with van der Waals surface area (Å²) in [5.41, 5.74) is 0.906. The van der Waals surface area contributed by atoms with Crippen LogP contribution in [0.25, 0.3) is 0 Å². The van der Waals surface area contributed by atoms with E-state index in [2.05, 4.69) is 10.5 Å². The normalized spacial score (nSPS) is 17.0. The zero-order valence-electron chi connectivity index (χ0n) is 14.4. The molecule has 0 bridgehead atoms. The van der Waals surface area contributed by atoms with E-state index in [9.17, 15) is 23.9 Å². The second-order valence-electron chi connectivity index (χ2n) is 5.88. The number of nitrogens with one attached hydrogen (secondary N) is 1. The number of carboxylic acid groups (broad SMARTS) is 1. The van der Waals surface area contributed by atoms with Gasteiger partial charge in [-0.25, -0.2) is 9.18 Å². The first-order valence-corrected chi connectivity index (χ1v) is 8.06. The van der Waals surface area contributed by atoms with Crippen LogP contribution in [0.15, 0.2) is 29.4 Å². The van der Waals surface area contributed by atoms with E-state index in [4.69, 9.17) is 4.84 Å². The molecule has 0 aromatic heterocycles. The highest BCUT2D eigenvalue weighted by molar-refractivity contribution is 6.04. The second-order valence-corrected chi connectivity index (χ2v) is 5.88. The molecule has 0 spiro atoms. The molecule has 1 aliphatic heterocycles. The number of halogens is 1. The van der Waals surface area contributed by atoms with Crippen molar-refractivity contribution in [2.24, 2.45) is 5.16 Å². The summed E-state index contributed by atoms with van der Waals surface area (Å²) in [7, 11) is 0. The third kappa shape index (κ3) is 4.78. The van der Waals surface area contributed by atoms with E-state index in [1.54, 1.807) is 6.07 Å². The van der Waals surface area contributed by atoms with Gasteiger partial charge in [0, 0.05) is 32.0 Å². The van der Waals surface area contributed by atoms with Gasteiger partial charge < -0.3 is 20.2 Å². The van der Waals surface area contributed by atoms with Gasteiger partial charge in [0.05, 0.1) is 5.71 Å². The summed E-state index contributed by atoms with van der Waals surface area (Å²) in [5.74, 6) is -2.45. The molecule has 2 atom stereocenters. The molecular weight excluding hydrogens is 345 g/mol. The number of carbonyl (C=O) groups is 3. The fourth-order valence-electron chi connectivity index (χ4n) is 2.51. The Kier molecular flexibility index (Phi) is 6.26. The van der Waals surface area contributed by atoms with Gasteiger partial charge in [0.25, 0.3) is 5.91 Å². The predicted molar refractivity (Wildman–Crippen MR) is 89.9 cm³/mol. The molecule has 8 nitrogen and oxygen atoms in total. The number of carbonyl (C=O) groups excluding carboxylic acids is 2. The minimum atomic E-state index is -1.18. The maximum atomic E-state index is 13.3. The van der Waals surface area contributed by atoms with Crippen LogP contribution in [0.1, 0.15) is 25.8 Å². The number of oxime groups is 1. The van der Waals surface area contributed by atoms with E-state index >= 15 is 0 Å². The van der Waals surface area contributed by atoms with Crippen LogP contribution in [-0.4, -0.2) is 58.7 Å². The summed E-state index contributed by atoms with van der Waals surface area (Å²) in [6.07, 6.45) is -0.891. The Bertz CT molecular complexity index is 737. The smallest absolute Gasteiger partial charge is 0.326 e. The minimum absolute atomic E-state index is 0.0149. The minimum Gasteiger partial charge on any atom is -0.480 e. The zero-order valence-corrected chi connectivity index (χ0v) is 14.4. The van der Waals surface area contributed by atoms with Crippen molar-refractivity contribution < 1.29 is 28.7 Å². The van der Waals surface area contributed by atoms with Crippen LogP contribution in [-0.2, 0) is 19.2 Å². The number of amides is 2. The molecule has 26 heavy (non-hydrogen) atoms. The van der Waals surface area contributed by atoms with E-state index in [1.165, 1.54) is 32.0 Å². The lowest BCUT2D eigenvalue weighted by Gasteiger charge is -2.28. The van der Waals surface area contributed by atoms with E-state index in [1.807, 2.05) is 0 Å². The van der Waals surface area contributed by atoms with Crippen molar-refractivity contribution in [1.29, 1.82) is 0 Å². The molecule has 1 heterocycles. The van der Waals surface area contributed by atoms with E-state index in [0.717, 1.165) is 4.90 Å². The molecule has 0 saturated carbocycles.